The molecule has 2 aromatic carbocycles. The Morgan fingerprint density at radius 2 is 1.69 bits per heavy atom. The summed E-state index contributed by atoms with van der Waals surface area (Å²) >= 11 is 0. The molecule has 5 rings (SSSR count). The minimum atomic E-state index is -0.323. The average Bonchev–Trinajstić information content (AvgIpc) is 3.20. The molecule has 32 heavy (non-hydrogen) atoms. The van der Waals surface area contributed by atoms with Gasteiger partial charge in [-0.15, -0.1) is 10.2 Å². The van der Waals surface area contributed by atoms with E-state index in [1.54, 1.807) is 4.90 Å². The fraction of sp³-hybridized carbons (Fsp3) is 0.375. The molecule has 1 aromatic heterocycles. The van der Waals surface area contributed by atoms with E-state index in [2.05, 4.69) is 36.7 Å². The topological polar surface area (TPSA) is 57.5 Å². The molecule has 2 aliphatic rings. The zero-order valence-corrected chi connectivity index (χ0v) is 18.2. The fourth-order valence-corrected chi connectivity index (χ4v) is 4.62. The number of anilines is 1. The summed E-state index contributed by atoms with van der Waals surface area (Å²) in [5.74, 6) is 1.57. The monoisotopic (exact) mass is 434 g/mol. The maximum atomic E-state index is 13.2. The Bertz CT molecular complexity index is 1080. The first-order chi connectivity index (χ1) is 15.6. The highest BCUT2D eigenvalue weighted by Gasteiger charge is 2.35. The van der Waals surface area contributed by atoms with E-state index >= 15 is 0 Å². The van der Waals surface area contributed by atoms with Crippen molar-refractivity contribution in [3.63, 3.8) is 0 Å². The smallest absolute Gasteiger partial charge is 0.246 e. The molecule has 0 spiro atoms. The van der Waals surface area contributed by atoms with E-state index in [9.17, 15) is 9.18 Å². The van der Waals surface area contributed by atoms with Gasteiger partial charge in [0.15, 0.2) is 5.82 Å². The van der Waals surface area contributed by atoms with Crippen LogP contribution in [0.1, 0.15) is 23.3 Å². The Labute approximate surface area is 187 Å². The van der Waals surface area contributed by atoms with E-state index in [-0.39, 0.29) is 17.8 Å². The number of likely N-dealkylation sites (N-methyl/N-ethyl adjacent to an activating group) is 1. The summed E-state index contributed by atoms with van der Waals surface area (Å²) in [6, 6.07) is 16.4. The number of carbonyl (C=O) groups excluding carboxylic acids is 1. The molecule has 0 unspecified atom stereocenters. The lowest BCUT2D eigenvalue weighted by Crippen LogP contribution is -2.47. The Morgan fingerprint density at radius 3 is 2.41 bits per heavy atom. The van der Waals surface area contributed by atoms with Gasteiger partial charge in [-0.1, -0.05) is 30.3 Å². The second-order valence-corrected chi connectivity index (χ2v) is 8.54. The van der Waals surface area contributed by atoms with Gasteiger partial charge < -0.3 is 9.80 Å². The summed E-state index contributed by atoms with van der Waals surface area (Å²) in [6.07, 6.45) is 0.625. The normalized spacial score (nSPS) is 19.3. The molecule has 0 aliphatic carbocycles. The van der Waals surface area contributed by atoms with Gasteiger partial charge in [0.1, 0.15) is 17.7 Å². The molecule has 1 amide bonds. The first kappa shape index (κ1) is 20.6. The number of hydrogen-bond donors (Lipinski definition) is 0. The van der Waals surface area contributed by atoms with Crippen LogP contribution in [0.4, 0.5) is 10.1 Å². The van der Waals surface area contributed by atoms with Crippen molar-refractivity contribution < 1.29 is 9.18 Å². The number of piperazine rings is 1. The SMILES string of the molecule is CN1Cc2nnc(CN3CCN(c4ccc(F)cc4)CC3)n2[C@@H](Cc2ccccc2)C1=O. The van der Waals surface area contributed by atoms with Crippen LogP contribution in [0.15, 0.2) is 54.6 Å². The zero-order chi connectivity index (χ0) is 22.1. The van der Waals surface area contributed by atoms with Crippen LogP contribution in [0, 0.1) is 5.82 Å². The van der Waals surface area contributed by atoms with Gasteiger partial charge in [0, 0.05) is 45.3 Å². The number of fused-ring (bicyclic) bond motifs is 1. The summed E-state index contributed by atoms with van der Waals surface area (Å²) < 4.78 is 15.3. The number of rotatable bonds is 5. The maximum Gasteiger partial charge on any atom is 0.246 e. The van der Waals surface area contributed by atoms with Crippen LogP contribution in [0.25, 0.3) is 0 Å². The second-order valence-electron chi connectivity index (χ2n) is 8.54. The number of hydrogen-bond acceptors (Lipinski definition) is 5. The van der Waals surface area contributed by atoms with Crippen LogP contribution in [0.3, 0.4) is 0 Å². The summed E-state index contributed by atoms with van der Waals surface area (Å²) in [7, 11) is 1.83. The molecule has 3 aromatic rings. The lowest BCUT2D eigenvalue weighted by molar-refractivity contribution is -0.136. The number of benzene rings is 2. The number of aromatic nitrogens is 3. The van der Waals surface area contributed by atoms with Crippen LogP contribution >= 0.6 is 0 Å². The first-order valence-electron chi connectivity index (χ1n) is 11.0. The largest absolute Gasteiger partial charge is 0.369 e. The van der Waals surface area contributed by atoms with E-state index in [4.69, 9.17) is 0 Å². The third-order valence-electron chi connectivity index (χ3n) is 6.39. The summed E-state index contributed by atoms with van der Waals surface area (Å²) in [6.45, 7) is 4.61. The van der Waals surface area contributed by atoms with Gasteiger partial charge in [-0.3, -0.25) is 14.3 Å². The van der Waals surface area contributed by atoms with Crippen molar-refractivity contribution >= 4 is 11.6 Å². The van der Waals surface area contributed by atoms with Gasteiger partial charge in [-0.05, 0) is 29.8 Å². The molecule has 0 bridgehead atoms. The molecule has 2 aliphatic heterocycles. The highest BCUT2D eigenvalue weighted by molar-refractivity contribution is 5.81. The standard InChI is InChI=1S/C24H27FN6O/c1-28-16-22-26-27-23(31(22)21(24(28)32)15-18-5-3-2-4-6-18)17-29-11-13-30(14-12-29)20-9-7-19(25)8-10-20/h2-10,21H,11-17H2,1H3/t21-/m0/s1. The predicted molar refractivity (Wildman–Crippen MR) is 120 cm³/mol. The lowest BCUT2D eigenvalue weighted by atomic mass is 10.0. The predicted octanol–water partition coefficient (Wildman–Crippen LogP) is 2.50. The Hall–Kier alpha value is -3.26. The molecular formula is C24H27FN6O. The van der Waals surface area contributed by atoms with Crippen molar-refractivity contribution in [3.8, 4) is 0 Å². The van der Waals surface area contributed by atoms with Gasteiger partial charge in [-0.2, -0.15) is 0 Å². The zero-order valence-electron chi connectivity index (χ0n) is 18.2. The first-order valence-corrected chi connectivity index (χ1v) is 11.0. The summed E-state index contributed by atoms with van der Waals surface area (Å²) in [4.78, 5) is 19.4. The minimum Gasteiger partial charge on any atom is -0.369 e. The quantitative estimate of drug-likeness (QED) is 0.618. The Kier molecular flexibility index (Phi) is 5.61. The van der Waals surface area contributed by atoms with Gasteiger partial charge >= 0.3 is 0 Å². The van der Waals surface area contributed by atoms with Gasteiger partial charge in [0.05, 0.1) is 13.1 Å². The summed E-state index contributed by atoms with van der Waals surface area (Å²) in [5.41, 5.74) is 2.17. The van der Waals surface area contributed by atoms with Gasteiger partial charge in [0.2, 0.25) is 5.91 Å². The van der Waals surface area contributed by atoms with Crippen LogP contribution < -0.4 is 4.90 Å². The fourth-order valence-electron chi connectivity index (χ4n) is 4.62. The molecule has 3 heterocycles. The molecule has 1 fully saturated rings. The van der Waals surface area contributed by atoms with Crippen molar-refractivity contribution in [3.05, 3.63) is 77.6 Å². The maximum absolute atomic E-state index is 13.2. The average molecular weight is 435 g/mol. The molecule has 8 heteroatoms. The third kappa shape index (κ3) is 4.10. The van der Waals surface area contributed by atoms with Crippen molar-refractivity contribution in [1.82, 2.24) is 24.6 Å². The highest BCUT2D eigenvalue weighted by atomic mass is 19.1. The Morgan fingerprint density at radius 1 is 0.969 bits per heavy atom. The van der Waals surface area contributed by atoms with Gasteiger partial charge in [0.25, 0.3) is 0 Å². The third-order valence-corrected chi connectivity index (χ3v) is 6.39. The molecule has 0 radical (unpaired) electrons. The highest BCUT2D eigenvalue weighted by Crippen LogP contribution is 2.27. The molecule has 166 valence electrons. The lowest BCUT2D eigenvalue weighted by Gasteiger charge is -2.36. The molecular weight excluding hydrogens is 407 g/mol. The number of halogens is 1. The van der Waals surface area contributed by atoms with Gasteiger partial charge in [-0.25, -0.2) is 4.39 Å². The van der Waals surface area contributed by atoms with Crippen LogP contribution in [0.2, 0.25) is 0 Å². The van der Waals surface area contributed by atoms with Crippen molar-refractivity contribution in [2.75, 3.05) is 38.1 Å². The number of carbonyl (C=O) groups is 1. The molecule has 0 saturated carbocycles. The van der Waals surface area contributed by atoms with E-state index in [0.29, 0.717) is 19.5 Å². The second kappa shape index (κ2) is 8.70. The van der Waals surface area contributed by atoms with Crippen molar-refractivity contribution in [2.24, 2.45) is 0 Å². The molecule has 0 N–H and O–H groups in total. The van der Waals surface area contributed by atoms with Crippen molar-refractivity contribution in [2.45, 2.75) is 25.6 Å². The van der Waals surface area contributed by atoms with Crippen LogP contribution in [-0.2, 0) is 24.3 Å². The number of nitrogens with zero attached hydrogens (tertiary/aromatic N) is 6. The van der Waals surface area contributed by atoms with E-state index in [0.717, 1.165) is 49.1 Å². The van der Waals surface area contributed by atoms with Crippen LogP contribution in [0.5, 0.6) is 0 Å². The number of amides is 1. The van der Waals surface area contributed by atoms with E-state index in [1.165, 1.54) is 12.1 Å². The molecule has 7 nitrogen and oxygen atoms in total. The van der Waals surface area contributed by atoms with Crippen LogP contribution in [-0.4, -0.2) is 63.7 Å². The van der Waals surface area contributed by atoms with E-state index in [1.807, 2.05) is 37.4 Å². The summed E-state index contributed by atoms with van der Waals surface area (Å²) in [5, 5.41) is 8.89. The molecule has 1 saturated heterocycles. The van der Waals surface area contributed by atoms with E-state index < -0.39 is 0 Å². The van der Waals surface area contributed by atoms with Crippen molar-refractivity contribution in [1.29, 1.82) is 0 Å². The Balaban J connectivity index is 1.31. The minimum absolute atomic E-state index is 0.100. The molecule has 1 atom stereocenters.